The van der Waals surface area contributed by atoms with Gasteiger partial charge in [0.25, 0.3) is 5.92 Å². The molecule has 0 aliphatic heterocycles. The number of rotatable bonds is 5. The lowest BCUT2D eigenvalue weighted by atomic mass is 9.78. The van der Waals surface area contributed by atoms with Gasteiger partial charge in [0.05, 0.1) is 0 Å². The van der Waals surface area contributed by atoms with Crippen molar-refractivity contribution in [2.24, 2.45) is 5.92 Å². The smallest absolute Gasteiger partial charge is 0.315 e. The van der Waals surface area contributed by atoms with Gasteiger partial charge in [-0.15, -0.1) is 0 Å². The molecule has 0 spiro atoms. The molecule has 1 aliphatic rings. The zero-order chi connectivity index (χ0) is 17.3. The monoisotopic (exact) mass is 441 g/mol. The fourth-order valence-electron chi connectivity index (χ4n) is 2.39. The normalized spacial score (nSPS) is 23.6. The Hall–Kier alpha value is -1.06. The molecule has 1 atom stereocenters. The van der Waals surface area contributed by atoms with E-state index < -0.39 is 9.60 Å². The molecule has 2 rings (SSSR count). The van der Waals surface area contributed by atoms with Crippen molar-refractivity contribution in [2.75, 3.05) is 0 Å². The van der Waals surface area contributed by atoms with Crippen LogP contribution in [0.4, 0.5) is 18.0 Å². The van der Waals surface area contributed by atoms with E-state index in [1.807, 2.05) is 0 Å². The first kappa shape index (κ1) is 18.3. The molecule has 0 bridgehead atoms. The molecule has 1 heterocycles. The van der Waals surface area contributed by atoms with E-state index in [-0.39, 0.29) is 30.2 Å². The predicted molar refractivity (Wildman–Crippen MR) is 89.2 cm³/mol. The Labute approximate surface area is 146 Å². The van der Waals surface area contributed by atoms with E-state index in [2.05, 4.69) is 15.6 Å². The Morgan fingerprint density at radius 3 is 2.61 bits per heavy atom. The highest BCUT2D eigenvalue weighted by molar-refractivity contribution is 14.1. The summed E-state index contributed by atoms with van der Waals surface area (Å²) >= 11 is 1.77. The van der Waals surface area contributed by atoms with Crippen LogP contribution in [0.25, 0.3) is 0 Å². The Kier molecular flexibility index (Phi) is 5.42. The van der Waals surface area contributed by atoms with Crippen LogP contribution in [0.5, 0.6) is 0 Å². The lowest BCUT2D eigenvalue weighted by molar-refractivity contribution is 0.0127. The van der Waals surface area contributed by atoms with Crippen LogP contribution >= 0.6 is 22.6 Å². The molecule has 1 aromatic rings. The molecule has 1 fully saturated rings. The van der Waals surface area contributed by atoms with Crippen molar-refractivity contribution in [1.82, 2.24) is 15.6 Å². The van der Waals surface area contributed by atoms with E-state index in [1.54, 1.807) is 28.7 Å². The number of alkyl halides is 4. The number of halogens is 4. The molecule has 1 aromatic heterocycles. The summed E-state index contributed by atoms with van der Waals surface area (Å²) in [7, 11) is 0. The highest BCUT2D eigenvalue weighted by Gasteiger charge is 2.42. The highest BCUT2D eigenvalue weighted by atomic mass is 127. The molecule has 2 N–H and O–H groups in total. The fourth-order valence-corrected chi connectivity index (χ4v) is 2.90. The number of carbonyl (C=O) groups excluding carboxylic acids is 1. The van der Waals surface area contributed by atoms with Crippen LogP contribution in [0.15, 0.2) is 18.3 Å². The summed E-state index contributed by atoms with van der Waals surface area (Å²) in [4.78, 5) is 15.4. The summed E-state index contributed by atoms with van der Waals surface area (Å²) in [6.07, 6.45) is 2.50. The van der Waals surface area contributed by atoms with Crippen LogP contribution < -0.4 is 10.6 Å². The molecular weight excluding hydrogens is 422 g/mol. The molecule has 4 nitrogen and oxygen atoms in total. The molecule has 2 amide bonds. The summed E-state index contributed by atoms with van der Waals surface area (Å²) in [5.41, 5.74) is 0.213. The lowest BCUT2D eigenvalue weighted by Crippen LogP contribution is -2.51. The van der Waals surface area contributed by atoms with Gasteiger partial charge < -0.3 is 10.6 Å². The van der Waals surface area contributed by atoms with Gasteiger partial charge in [-0.05, 0) is 60.1 Å². The first-order valence-electron chi connectivity index (χ1n) is 7.31. The topological polar surface area (TPSA) is 54.0 Å². The average molecular weight is 441 g/mol. The lowest BCUT2D eigenvalue weighted by Gasteiger charge is -2.40. The van der Waals surface area contributed by atoms with E-state index in [0.717, 1.165) is 6.92 Å². The molecule has 1 aliphatic carbocycles. The SMILES string of the molecule is CC(F)(F)c1cc(CNC(=O)NC2CC(C(C)(F)I)C2)ccn1. The number of aromatic nitrogens is 1. The van der Waals surface area contributed by atoms with Crippen molar-refractivity contribution in [2.45, 2.75) is 48.9 Å². The molecule has 0 aromatic carbocycles. The fraction of sp³-hybridized carbons (Fsp3) is 0.600. The van der Waals surface area contributed by atoms with Crippen LogP contribution in [-0.2, 0) is 12.5 Å². The maximum absolute atomic E-state index is 13.6. The van der Waals surface area contributed by atoms with Crippen molar-refractivity contribution in [3.63, 3.8) is 0 Å². The van der Waals surface area contributed by atoms with E-state index in [1.165, 1.54) is 19.2 Å². The molecule has 8 heteroatoms. The Balaban J connectivity index is 1.78. The minimum atomic E-state index is -3.02. The van der Waals surface area contributed by atoms with E-state index in [9.17, 15) is 18.0 Å². The molecule has 1 unspecified atom stereocenters. The van der Waals surface area contributed by atoms with Crippen LogP contribution in [0.3, 0.4) is 0 Å². The first-order chi connectivity index (χ1) is 10.6. The Bertz CT molecular complexity index is 566. The number of amides is 2. The predicted octanol–water partition coefficient (Wildman–Crippen LogP) is 3.89. The number of hydrogen-bond acceptors (Lipinski definition) is 2. The minimum absolute atomic E-state index is 0.0437. The quantitative estimate of drug-likeness (QED) is 0.538. The van der Waals surface area contributed by atoms with Gasteiger partial charge in [0.15, 0.2) is 3.68 Å². The van der Waals surface area contributed by atoms with Crippen molar-refractivity contribution < 1.29 is 18.0 Å². The van der Waals surface area contributed by atoms with Gasteiger partial charge >= 0.3 is 6.03 Å². The van der Waals surface area contributed by atoms with Crippen molar-refractivity contribution in [3.8, 4) is 0 Å². The van der Waals surface area contributed by atoms with Crippen molar-refractivity contribution >= 4 is 28.6 Å². The Morgan fingerprint density at radius 2 is 2.04 bits per heavy atom. The van der Waals surface area contributed by atoms with E-state index in [0.29, 0.717) is 18.4 Å². The minimum Gasteiger partial charge on any atom is -0.335 e. The summed E-state index contributed by atoms with van der Waals surface area (Å²) in [6.45, 7) is 2.43. The number of nitrogens with one attached hydrogen (secondary N) is 2. The molecule has 1 saturated carbocycles. The highest BCUT2D eigenvalue weighted by Crippen LogP contribution is 2.42. The van der Waals surface area contributed by atoms with Gasteiger partial charge in [0.2, 0.25) is 0 Å². The van der Waals surface area contributed by atoms with Gasteiger partial charge in [-0.1, -0.05) is 0 Å². The summed E-state index contributed by atoms with van der Waals surface area (Å²) < 4.78 is 38.8. The zero-order valence-electron chi connectivity index (χ0n) is 12.9. The third kappa shape index (κ3) is 5.22. The molecule has 0 saturated heterocycles. The van der Waals surface area contributed by atoms with Crippen LogP contribution in [0.2, 0.25) is 0 Å². The summed E-state index contributed by atoms with van der Waals surface area (Å²) in [5, 5.41) is 5.36. The number of nitrogens with zero attached hydrogens (tertiary/aromatic N) is 1. The second-order valence-corrected chi connectivity index (χ2v) is 8.20. The summed E-state index contributed by atoms with van der Waals surface area (Å²) in [6, 6.07) is 2.41. The Morgan fingerprint density at radius 1 is 1.39 bits per heavy atom. The van der Waals surface area contributed by atoms with Gasteiger partial charge in [-0.25, -0.2) is 9.18 Å². The zero-order valence-corrected chi connectivity index (χ0v) is 15.0. The van der Waals surface area contributed by atoms with Gasteiger partial charge in [0.1, 0.15) is 5.69 Å². The number of pyridine rings is 1. The largest absolute Gasteiger partial charge is 0.335 e. The van der Waals surface area contributed by atoms with Crippen molar-refractivity contribution in [1.29, 1.82) is 0 Å². The van der Waals surface area contributed by atoms with Gasteiger partial charge in [-0.2, -0.15) is 8.78 Å². The molecular formula is C15H19F3IN3O. The van der Waals surface area contributed by atoms with E-state index >= 15 is 0 Å². The van der Waals surface area contributed by atoms with Gasteiger partial charge in [-0.3, -0.25) is 4.98 Å². The summed E-state index contributed by atoms with van der Waals surface area (Å²) in [5.74, 6) is -3.07. The number of urea groups is 1. The average Bonchev–Trinajstić information content (AvgIpc) is 2.38. The maximum atomic E-state index is 13.6. The van der Waals surface area contributed by atoms with Gasteiger partial charge in [0, 0.05) is 31.6 Å². The third-order valence-electron chi connectivity index (χ3n) is 3.92. The number of hydrogen-bond donors (Lipinski definition) is 2. The second-order valence-electron chi connectivity index (χ2n) is 6.09. The number of carbonyl (C=O) groups is 1. The molecule has 23 heavy (non-hydrogen) atoms. The first-order valence-corrected chi connectivity index (χ1v) is 8.39. The van der Waals surface area contributed by atoms with Crippen LogP contribution in [0.1, 0.15) is 37.9 Å². The molecule has 0 radical (unpaired) electrons. The van der Waals surface area contributed by atoms with Crippen molar-refractivity contribution in [3.05, 3.63) is 29.6 Å². The molecule has 128 valence electrons. The van der Waals surface area contributed by atoms with Crippen LogP contribution in [-0.4, -0.2) is 20.7 Å². The third-order valence-corrected chi connectivity index (χ3v) is 4.80. The second kappa shape index (κ2) is 6.82. The van der Waals surface area contributed by atoms with Crippen LogP contribution in [0, 0.1) is 5.92 Å². The van der Waals surface area contributed by atoms with E-state index in [4.69, 9.17) is 0 Å². The maximum Gasteiger partial charge on any atom is 0.315 e. The standard InChI is InChI=1S/C15H19F3IN3O/c1-14(16,17)12-5-9(3-4-20-12)8-21-13(23)22-11-6-10(7-11)15(2,18)19/h3-5,10-11H,6-8H2,1-2H3,(H2,21,22,23).